The van der Waals surface area contributed by atoms with E-state index in [-0.39, 0.29) is 69.1 Å². The Bertz CT molecular complexity index is 2910. The second-order valence-electron chi connectivity index (χ2n) is 23.0. The number of ether oxygens (including phenoxy) is 6. The van der Waals surface area contributed by atoms with Crippen LogP contribution in [0, 0.1) is 11.2 Å². The molecular weight excluding hydrogens is 1090 g/mol. The highest BCUT2D eigenvalue weighted by atomic mass is 19.1. The number of rotatable bonds is 8. The predicted molar refractivity (Wildman–Crippen MR) is 306 cm³/mol. The van der Waals surface area contributed by atoms with Crippen molar-refractivity contribution in [2.24, 2.45) is 5.41 Å². The number of nitrogens with one attached hydrogen (secondary N) is 1. The van der Waals surface area contributed by atoms with Crippen LogP contribution in [0.4, 0.5) is 4.39 Å². The summed E-state index contributed by atoms with van der Waals surface area (Å²) in [5.41, 5.74) is -1.35. The van der Waals surface area contributed by atoms with Crippen LogP contribution in [0.2, 0.25) is 0 Å². The molecule has 2 bridgehead atoms. The number of esters is 2. The number of methoxy groups -OCH3 is 2. The van der Waals surface area contributed by atoms with Crippen molar-refractivity contribution in [3.05, 3.63) is 101 Å². The summed E-state index contributed by atoms with van der Waals surface area (Å²) in [6, 6.07) is 11.6. The van der Waals surface area contributed by atoms with Crippen molar-refractivity contribution in [3.8, 4) is 17.2 Å². The summed E-state index contributed by atoms with van der Waals surface area (Å²) in [7, 11) is 7.30. The number of Topliss-reactive ketones (excluding diaryl/α,β-unsaturated/α-hetero) is 1. The Balaban J connectivity index is 1.34. The van der Waals surface area contributed by atoms with Crippen molar-refractivity contribution in [2.75, 3.05) is 74.8 Å². The maximum atomic E-state index is 17.0. The molecular formula is C62H81FN6O15. The highest BCUT2D eigenvalue weighted by Crippen LogP contribution is 2.35. The van der Waals surface area contributed by atoms with Gasteiger partial charge in [0, 0.05) is 52.4 Å². The van der Waals surface area contributed by atoms with Crippen molar-refractivity contribution in [1.29, 1.82) is 0 Å². The summed E-state index contributed by atoms with van der Waals surface area (Å²) < 4.78 is 51.4. The molecule has 3 aromatic carbocycles. The number of likely N-dealkylation sites (N-methyl/N-ethyl adjacent to an activating group) is 3. The van der Waals surface area contributed by atoms with Gasteiger partial charge in [-0.3, -0.25) is 33.6 Å². The molecule has 0 aliphatic carbocycles. The monoisotopic (exact) mass is 1170 g/mol. The topological polar surface area (TPSA) is 237 Å². The van der Waals surface area contributed by atoms with Crippen LogP contribution in [-0.4, -0.2) is 182 Å². The Morgan fingerprint density at radius 1 is 0.750 bits per heavy atom. The molecule has 2 saturated heterocycles. The van der Waals surface area contributed by atoms with Gasteiger partial charge in [-0.1, -0.05) is 54.6 Å². The normalized spacial score (nSPS) is 23.7. The molecule has 456 valence electrons. The van der Waals surface area contributed by atoms with Gasteiger partial charge in [-0.2, -0.15) is 0 Å². The molecule has 6 rings (SSSR count). The molecule has 3 aliphatic rings. The van der Waals surface area contributed by atoms with Gasteiger partial charge in [0.05, 0.1) is 31.8 Å². The SMILES string of the molecule is COc1ccc(CC[C@H]2OC(=O)[C@@H]3CCCCN3C(=O)C(=O)C(C)(C)COC(=O)C=CCCN(C)C(=O)[C@@H]3CCCN3C(=O)[C@H](COC(C)(C)C)N(C)C(=O)C(c3ccccc3)NC(=O)[C@H](C)N(C)C(=O)COc3cccc2c3F)cc1OC. The van der Waals surface area contributed by atoms with Crippen molar-refractivity contribution in [2.45, 2.75) is 135 Å². The van der Waals surface area contributed by atoms with Crippen molar-refractivity contribution in [1.82, 2.24) is 29.8 Å². The predicted octanol–water partition coefficient (Wildman–Crippen LogP) is 5.71. The minimum Gasteiger partial charge on any atom is -0.493 e. The third-order valence-corrected chi connectivity index (χ3v) is 15.4. The van der Waals surface area contributed by atoms with Crippen LogP contribution < -0.4 is 19.5 Å². The highest BCUT2D eigenvalue weighted by molar-refractivity contribution is 6.38. The highest BCUT2D eigenvalue weighted by Gasteiger charge is 2.45. The molecule has 3 aliphatic heterocycles. The van der Waals surface area contributed by atoms with E-state index in [0.717, 1.165) is 15.9 Å². The van der Waals surface area contributed by atoms with Gasteiger partial charge in [-0.05, 0) is 122 Å². The number of hydrogen-bond donors (Lipinski definition) is 1. The molecule has 3 aromatic rings. The zero-order valence-corrected chi connectivity index (χ0v) is 50.1. The van der Waals surface area contributed by atoms with Crippen LogP contribution in [0.15, 0.2) is 78.9 Å². The lowest BCUT2D eigenvalue weighted by molar-refractivity contribution is -0.165. The second kappa shape index (κ2) is 29.1. The maximum Gasteiger partial charge on any atom is 0.330 e. The van der Waals surface area contributed by atoms with Gasteiger partial charge in [-0.25, -0.2) is 14.0 Å². The quantitative estimate of drug-likeness (QED) is 0.210. The average molecular weight is 1170 g/mol. The Morgan fingerprint density at radius 3 is 2.13 bits per heavy atom. The molecule has 0 aromatic heterocycles. The second-order valence-corrected chi connectivity index (χ2v) is 23.0. The first-order valence-corrected chi connectivity index (χ1v) is 28.4. The van der Waals surface area contributed by atoms with Gasteiger partial charge in [-0.15, -0.1) is 0 Å². The van der Waals surface area contributed by atoms with Gasteiger partial charge in [0.1, 0.15) is 42.9 Å². The summed E-state index contributed by atoms with van der Waals surface area (Å²) >= 11 is 0. The van der Waals surface area contributed by atoms with Gasteiger partial charge >= 0.3 is 11.9 Å². The first-order valence-electron chi connectivity index (χ1n) is 28.4. The first kappa shape index (κ1) is 65.3. The number of amides is 6. The van der Waals surface area contributed by atoms with E-state index < -0.39 is 114 Å². The fourth-order valence-electron chi connectivity index (χ4n) is 10.1. The molecule has 22 heteroatoms. The van der Waals surface area contributed by atoms with E-state index in [0.29, 0.717) is 48.3 Å². The molecule has 0 spiro atoms. The average Bonchev–Trinajstić information content (AvgIpc) is 3.09. The molecule has 3 heterocycles. The first-order chi connectivity index (χ1) is 39.8. The van der Waals surface area contributed by atoms with Crippen molar-refractivity contribution >= 4 is 53.2 Å². The Hall–Kier alpha value is -7.88. The van der Waals surface area contributed by atoms with Crippen LogP contribution in [0.1, 0.15) is 115 Å². The van der Waals surface area contributed by atoms with Gasteiger partial charge in [0.25, 0.3) is 11.8 Å². The number of carbonyl (C=O) groups excluding carboxylic acids is 9. The van der Waals surface area contributed by atoms with Gasteiger partial charge in [0.15, 0.2) is 29.7 Å². The maximum absolute atomic E-state index is 17.0. The number of ketones is 1. The zero-order valence-electron chi connectivity index (χ0n) is 50.1. The number of halogens is 1. The molecule has 2 fully saturated rings. The number of piperidine rings is 1. The minimum atomic E-state index is -1.55. The van der Waals surface area contributed by atoms with Gasteiger partial charge < -0.3 is 58.2 Å². The Kier molecular flexibility index (Phi) is 22.6. The smallest absolute Gasteiger partial charge is 0.330 e. The lowest BCUT2D eigenvalue weighted by Crippen LogP contribution is -2.58. The third kappa shape index (κ3) is 16.5. The number of hydrogen-bond acceptors (Lipinski definition) is 15. The summed E-state index contributed by atoms with van der Waals surface area (Å²) in [5, 5.41) is 2.78. The molecule has 0 saturated carbocycles. The molecule has 84 heavy (non-hydrogen) atoms. The van der Waals surface area contributed by atoms with Crippen LogP contribution in [-0.2, 0) is 63.8 Å². The zero-order chi connectivity index (χ0) is 61.6. The summed E-state index contributed by atoms with van der Waals surface area (Å²) in [4.78, 5) is 134. The number of benzene rings is 3. The van der Waals surface area contributed by atoms with Crippen LogP contribution in [0.5, 0.6) is 17.2 Å². The van der Waals surface area contributed by atoms with E-state index in [1.54, 1.807) is 76.3 Å². The number of aryl methyl sites for hydroxylation is 1. The van der Waals surface area contributed by atoms with E-state index in [4.69, 9.17) is 28.4 Å². The number of nitrogens with zero attached hydrogens (tertiary/aromatic N) is 5. The van der Waals surface area contributed by atoms with Crippen molar-refractivity contribution in [3.63, 3.8) is 0 Å². The fourth-order valence-corrected chi connectivity index (χ4v) is 10.1. The summed E-state index contributed by atoms with van der Waals surface area (Å²) in [6.45, 7) is 8.54. The molecule has 0 radical (unpaired) electrons. The lowest BCUT2D eigenvalue weighted by atomic mass is 9.87. The van der Waals surface area contributed by atoms with E-state index in [9.17, 15) is 43.2 Å². The largest absolute Gasteiger partial charge is 0.493 e. The lowest BCUT2D eigenvalue weighted by Gasteiger charge is -2.37. The van der Waals surface area contributed by atoms with E-state index in [1.807, 2.05) is 0 Å². The van der Waals surface area contributed by atoms with Crippen LogP contribution in [0.3, 0.4) is 0 Å². The Labute approximate surface area is 491 Å². The fraction of sp³-hybridized carbons (Fsp3) is 0.532. The molecule has 6 atom stereocenters. The summed E-state index contributed by atoms with van der Waals surface area (Å²) in [6.07, 6.45) is 3.67. The van der Waals surface area contributed by atoms with Crippen LogP contribution in [0.25, 0.3) is 0 Å². The van der Waals surface area contributed by atoms with E-state index in [2.05, 4.69) is 5.32 Å². The standard InChI is InChI=1S/C62H81FN6O15/c1-39-55(73)64-53(41-21-13-12-14-22-41)58(76)67(9)45(36-83-61(2,3)4)57(75)68-34-20-25-43(68)56(74)65(7)32-17-16-27-51(71)82-38-62(5,6)54(72)59(77)69-33-18-15-24-44(69)60(78)84-46(30-28-40-29-31-47(79-10)49(35-40)80-11)42-23-19-26-48(52(42)63)81-37-50(70)66(39)8/h12-14,16,19,21-23,26-27,29,31,35,39,43-46,53H,15,17-18,20,24-25,28,30,32-34,36-38H2,1-11H3,(H,64,73)/t39-,43-,44-,45-,46+,53?/m0/s1. The van der Waals surface area contributed by atoms with Crippen LogP contribution >= 0.6 is 0 Å². The third-order valence-electron chi connectivity index (χ3n) is 15.4. The number of cyclic esters (lactones) is 2. The van der Waals surface area contributed by atoms with Crippen molar-refractivity contribution < 1.29 is 76.0 Å². The summed E-state index contributed by atoms with van der Waals surface area (Å²) in [5.74, 6) is -7.21. The van der Waals surface area contributed by atoms with E-state index >= 15 is 4.39 Å². The molecule has 21 nitrogen and oxygen atoms in total. The minimum absolute atomic E-state index is 0.00000335. The Morgan fingerprint density at radius 2 is 1.44 bits per heavy atom. The molecule has 6 amide bonds. The number of fused-ring (bicyclic) bond motifs is 4. The molecule has 1 unspecified atom stereocenters. The molecule has 1 N–H and O–H groups in total. The van der Waals surface area contributed by atoms with E-state index in [1.165, 1.54) is 88.1 Å². The number of carbonyl (C=O) groups is 9. The van der Waals surface area contributed by atoms with Gasteiger partial charge in [0.2, 0.25) is 29.4 Å².